The highest BCUT2D eigenvalue weighted by Crippen LogP contribution is 2.20. The quantitative estimate of drug-likeness (QED) is 0.826. The van der Waals surface area contributed by atoms with E-state index in [1.807, 2.05) is 19.1 Å². The number of amides is 2. The maximum Gasteiger partial charge on any atom is 0.239 e. The molecule has 0 aliphatic carbocycles. The predicted octanol–water partition coefficient (Wildman–Crippen LogP) is 3.42. The molecule has 0 atom stereocenters. The number of anilines is 1. The second-order valence-electron chi connectivity index (χ2n) is 6.22. The first kappa shape index (κ1) is 17.7. The molecule has 24 heavy (non-hydrogen) atoms. The molecule has 0 saturated carbocycles. The lowest BCUT2D eigenvalue weighted by molar-refractivity contribution is -0.138. The van der Waals surface area contributed by atoms with Gasteiger partial charge in [-0.1, -0.05) is 35.9 Å². The van der Waals surface area contributed by atoms with Crippen LogP contribution in [0, 0.1) is 18.2 Å². The molecule has 0 unspecified atom stereocenters. The van der Waals surface area contributed by atoms with E-state index in [9.17, 15) is 14.0 Å². The van der Waals surface area contributed by atoms with Crippen LogP contribution in [0.2, 0.25) is 0 Å². The number of halogens is 1. The fraction of sp³-hybridized carbons (Fsp3) is 0.263. The molecule has 0 heterocycles. The number of rotatable bonds is 5. The summed E-state index contributed by atoms with van der Waals surface area (Å²) in [5.74, 6) is -1.27. The van der Waals surface area contributed by atoms with Crippen LogP contribution in [0.1, 0.15) is 25.0 Å². The summed E-state index contributed by atoms with van der Waals surface area (Å²) in [6, 6.07) is 13.5. The lowest BCUT2D eigenvalue weighted by Crippen LogP contribution is -2.44. The number of hydrogen-bond acceptors (Lipinski definition) is 2. The maximum absolute atomic E-state index is 13.6. The van der Waals surface area contributed by atoms with Crippen molar-refractivity contribution >= 4 is 17.5 Å². The normalized spacial score (nSPS) is 11.0. The van der Waals surface area contributed by atoms with Crippen LogP contribution in [-0.2, 0) is 16.1 Å². The second-order valence-corrected chi connectivity index (χ2v) is 6.22. The molecule has 0 aliphatic heterocycles. The van der Waals surface area contributed by atoms with Gasteiger partial charge in [0.25, 0.3) is 0 Å². The molecule has 0 aromatic heterocycles. The average Bonchev–Trinajstić information content (AvgIpc) is 2.55. The van der Waals surface area contributed by atoms with Crippen molar-refractivity contribution in [2.24, 2.45) is 5.41 Å². The lowest BCUT2D eigenvalue weighted by Gasteiger charge is -2.23. The molecule has 2 aromatic carbocycles. The van der Waals surface area contributed by atoms with E-state index < -0.39 is 17.2 Å². The maximum atomic E-state index is 13.6. The van der Waals surface area contributed by atoms with Crippen LogP contribution in [0.25, 0.3) is 0 Å². The molecule has 2 N–H and O–H groups in total. The number of nitrogens with one attached hydrogen (secondary N) is 2. The smallest absolute Gasteiger partial charge is 0.239 e. The van der Waals surface area contributed by atoms with Gasteiger partial charge in [-0.05, 0) is 39.0 Å². The van der Waals surface area contributed by atoms with Gasteiger partial charge in [0, 0.05) is 17.8 Å². The predicted molar refractivity (Wildman–Crippen MR) is 91.8 cm³/mol. The van der Waals surface area contributed by atoms with E-state index in [1.165, 1.54) is 19.9 Å². The number of aryl methyl sites for hydroxylation is 1. The van der Waals surface area contributed by atoms with Crippen molar-refractivity contribution in [2.45, 2.75) is 27.3 Å². The summed E-state index contributed by atoms with van der Waals surface area (Å²) in [6.07, 6.45) is 0. The van der Waals surface area contributed by atoms with Crippen molar-refractivity contribution in [3.8, 4) is 0 Å². The SMILES string of the molecule is Cc1ccc(NC(=O)C(C)(C)C(=O)NCc2ccccc2F)cc1. The van der Waals surface area contributed by atoms with E-state index in [0.29, 0.717) is 11.3 Å². The first-order valence-corrected chi connectivity index (χ1v) is 7.70. The molecule has 5 heteroatoms. The molecular formula is C19H21FN2O2. The Morgan fingerprint density at radius 1 is 1.00 bits per heavy atom. The average molecular weight is 328 g/mol. The van der Waals surface area contributed by atoms with Crippen LogP contribution in [-0.4, -0.2) is 11.8 Å². The summed E-state index contributed by atoms with van der Waals surface area (Å²) < 4.78 is 13.6. The third kappa shape index (κ3) is 4.19. The molecule has 126 valence electrons. The van der Waals surface area contributed by atoms with Crippen LogP contribution in [0.5, 0.6) is 0 Å². The summed E-state index contributed by atoms with van der Waals surface area (Å²) in [7, 11) is 0. The highest BCUT2D eigenvalue weighted by atomic mass is 19.1. The van der Waals surface area contributed by atoms with Gasteiger partial charge in [0.2, 0.25) is 11.8 Å². The summed E-state index contributed by atoms with van der Waals surface area (Å²) >= 11 is 0. The van der Waals surface area contributed by atoms with Gasteiger partial charge in [0.1, 0.15) is 11.2 Å². The molecule has 4 nitrogen and oxygen atoms in total. The fourth-order valence-corrected chi connectivity index (χ4v) is 2.07. The van der Waals surface area contributed by atoms with Gasteiger partial charge in [0.15, 0.2) is 0 Å². The minimum Gasteiger partial charge on any atom is -0.351 e. The van der Waals surface area contributed by atoms with Gasteiger partial charge in [-0.3, -0.25) is 9.59 Å². The van der Waals surface area contributed by atoms with Gasteiger partial charge < -0.3 is 10.6 Å². The summed E-state index contributed by atoms with van der Waals surface area (Å²) in [6.45, 7) is 5.05. The monoisotopic (exact) mass is 328 g/mol. The summed E-state index contributed by atoms with van der Waals surface area (Å²) in [5.41, 5.74) is 0.798. The van der Waals surface area contributed by atoms with Crippen molar-refractivity contribution in [1.82, 2.24) is 5.32 Å². The van der Waals surface area contributed by atoms with Crippen LogP contribution in [0.3, 0.4) is 0 Å². The molecule has 0 aliphatic rings. The van der Waals surface area contributed by atoms with Gasteiger partial charge >= 0.3 is 0 Å². The van der Waals surface area contributed by atoms with Crippen molar-refractivity contribution in [3.05, 3.63) is 65.5 Å². The molecule has 2 rings (SSSR count). The van der Waals surface area contributed by atoms with E-state index >= 15 is 0 Å². The highest BCUT2D eigenvalue weighted by molar-refractivity contribution is 6.09. The van der Waals surface area contributed by atoms with Crippen LogP contribution >= 0.6 is 0 Å². The zero-order chi connectivity index (χ0) is 17.7. The Bertz CT molecular complexity index is 739. The van der Waals surface area contributed by atoms with Gasteiger partial charge in [0.05, 0.1) is 0 Å². The first-order valence-electron chi connectivity index (χ1n) is 7.70. The number of carbonyl (C=O) groups is 2. The Labute approximate surface area is 141 Å². The second kappa shape index (κ2) is 7.25. The van der Waals surface area contributed by atoms with Crippen molar-refractivity contribution in [1.29, 1.82) is 0 Å². The number of benzene rings is 2. The van der Waals surface area contributed by atoms with Gasteiger partial charge in [-0.25, -0.2) is 4.39 Å². The largest absolute Gasteiger partial charge is 0.351 e. The summed E-state index contributed by atoms with van der Waals surface area (Å²) in [5, 5.41) is 5.34. The molecule has 0 saturated heterocycles. The Kier molecular flexibility index (Phi) is 5.34. The number of hydrogen-bond donors (Lipinski definition) is 2. The minimum atomic E-state index is -1.28. The molecule has 2 aromatic rings. The van der Waals surface area contributed by atoms with Gasteiger partial charge in [-0.15, -0.1) is 0 Å². The van der Waals surface area contributed by atoms with E-state index in [0.717, 1.165) is 5.56 Å². The van der Waals surface area contributed by atoms with E-state index in [-0.39, 0.29) is 12.4 Å². The molecule has 0 bridgehead atoms. The molecule has 0 spiro atoms. The summed E-state index contributed by atoms with van der Waals surface area (Å²) in [4.78, 5) is 24.7. The standard InChI is InChI=1S/C19H21FN2O2/c1-13-8-10-15(11-9-13)22-18(24)19(2,3)17(23)21-12-14-6-4-5-7-16(14)20/h4-11H,12H2,1-3H3,(H,21,23)(H,22,24). The van der Waals surface area contributed by atoms with Crippen LogP contribution in [0.15, 0.2) is 48.5 Å². The Morgan fingerprint density at radius 2 is 1.62 bits per heavy atom. The Hall–Kier alpha value is -2.69. The van der Waals surface area contributed by atoms with Crippen LogP contribution in [0.4, 0.5) is 10.1 Å². The molecule has 0 radical (unpaired) electrons. The zero-order valence-electron chi connectivity index (χ0n) is 14.0. The number of carbonyl (C=O) groups excluding carboxylic acids is 2. The first-order chi connectivity index (χ1) is 11.3. The van der Waals surface area contributed by atoms with Gasteiger partial charge in [-0.2, -0.15) is 0 Å². The topological polar surface area (TPSA) is 58.2 Å². The van der Waals surface area contributed by atoms with E-state index in [2.05, 4.69) is 10.6 Å². The molecule has 0 fully saturated rings. The lowest BCUT2D eigenvalue weighted by atomic mass is 9.90. The highest BCUT2D eigenvalue weighted by Gasteiger charge is 2.36. The fourth-order valence-electron chi connectivity index (χ4n) is 2.07. The van der Waals surface area contributed by atoms with Crippen molar-refractivity contribution in [2.75, 3.05) is 5.32 Å². The third-order valence-corrected chi connectivity index (χ3v) is 3.84. The van der Waals surface area contributed by atoms with Crippen molar-refractivity contribution in [3.63, 3.8) is 0 Å². The van der Waals surface area contributed by atoms with Crippen LogP contribution < -0.4 is 10.6 Å². The van der Waals surface area contributed by atoms with Crippen molar-refractivity contribution < 1.29 is 14.0 Å². The molecular weight excluding hydrogens is 307 g/mol. The van der Waals surface area contributed by atoms with E-state index in [4.69, 9.17) is 0 Å². The Morgan fingerprint density at radius 3 is 2.25 bits per heavy atom. The third-order valence-electron chi connectivity index (χ3n) is 3.84. The minimum absolute atomic E-state index is 0.0345. The Balaban J connectivity index is 1.99. The molecule has 2 amide bonds. The van der Waals surface area contributed by atoms with E-state index in [1.54, 1.807) is 30.3 Å². The zero-order valence-corrected chi connectivity index (χ0v) is 14.0.